The van der Waals surface area contributed by atoms with E-state index in [-0.39, 0.29) is 17.5 Å². The first-order chi connectivity index (χ1) is 17.0. The molecule has 3 aromatic rings. The van der Waals surface area contributed by atoms with E-state index in [9.17, 15) is 8.42 Å². The number of nitrogens with zero attached hydrogens (tertiary/aromatic N) is 5. The van der Waals surface area contributed by atoms with Gasteiger partial charge in [-0.15, -0.1) is 0 Å². The zero-order valence-electron chi connectivity index (χ0n) is 20.0. The Hall–Kier alpha value is -2.92. The van der Waals surface area contributed by atoms with Gasteiger partial charge in [0.15, 0.2) is 11.5 Å². The molecule has 4 heterocycles. The number of methoxy groups -OCH3 is 1. The third-order valence-corrected chi connectivity index (χ3v) is 8.36. The first-order valence-corrected chi connectivity index (χ1v) is 14.0. The number of sulfone groups is 1. The predicted octanol–water partition coefficient (Wildman–Crippen LogP) is 2.68. The van der Waals surface area contributed by atoms with Crippen LogP contribution in [0.15, 0.2) is 30.6 Å². The number of nitrogens with one attached hydrogen (secondary N) is 1. The molecule has 0 radical (unpaired) electrons. The Morgan fingerprint density at radius 3 is 2.63 bits per heavy atom. The summed E-state index contributed by atoms with van der Waals surface area (Å²) in [6.45, 7) is 3.98. The van der Waals surface area contributed by atoms with Gasteiger partial charge in [0.1, 0.15) is 15.7 Å². The molecule has 1 aromatic carbocycles. The minimum absolute atomic E-state index is 0.00889. The predicted molar refractivity (Wildman–Crippen MR) is 134 cm³/mol. The highest BCUT2D eigenvalue weighted by Crippen LogP contribution is 2.35. The number of fused-ring (bicyclic) bond motifs is 1. The molecule has 2 fully saturated rings. The van der Waals surface area contributed by atoms with Crippen molar-refractivity contribution in [2.75, 3.05) is 50.2 Å². The van der Waals surface area contributed by atoms with Gasteiger partial charge in [0.05, 0.1) is 30.7 Å². The van der Waals surface area contributed by atoms with Crippen LogP contribution in [0.4, 0.5) is 5.82 Å². The molecule has 2 aliphatic rings. The Balaban J connectivity index is 1.42. The SMILES string of the molecule is COc1cc2c(NC3CCS(=O)(=O)CC3)nc(-n3cccn3)nc2cc1OCCCN1CCCC1. The quantitative estimate of drug-likeness (QED) is 0.443. The summed E-state index contributed by atoms with van der Waals surface area (Å²) in [6.07, 6.45) is 8.06. The third kappa shape index (κ3) is 5.67. The fourth-order valence-corrected chi connectivity index (χ4v) is 6.19. The second kappa shape index (κ2) is 10.4. The van der Waals surface area contributed by atoms with Crippen molar-refractivity contribution in [2.24, 2.45) is 0 Å². The van der Waals surface area contributed by atoms with E-state index >= 15 is 0 Å². The van der Waals surface area contributed by atoms with Crippen molar-refractivity contribution in [3.63, 3.8) is 0 Å². The van der Waals surface area contributed by atoms with Crippen LogP contribution in [-0.4, -0.2) is 84.0 Å². The molecule has 2 aromatic heterocycles. The number of ether oxygens (including phenoxy) is 2. The first kappa shape index (κ1) is 23.8. The summed E-state index contributed by atoms with van der Waals surface area (Å²) in [5.41, 5.74) is 0.701. The van der Waals surface area contributed by atoms with Gasteiger partial charge in [-0.25, -0.2) is 18.1 Å². The summed E-state index contributed by atoms with van der Waals surface area (Å²) >= 11 is 0. The molecule has 0 aliphatic carbocycles. The summed E-state index contributed by atoms with van der Waals surface area (Å²) in [5.74, 6) is 2.67. The molecule has 1 N–H and O–H groups in total. The van der Waals surface area contributed by atoms with Gasteiger partial charge in [-0.1, -0.05) is 0 Å². The van der Waals surface area contributed by atoms with Gasteiger partial charge >= 0.3 is 0 Å². The molecule has 0 amide bonds. The van der Waals surface area contributed by atoms with Gasteiger partial charge in [0.2, 0.25) is 0 Å². The molecule has 0 atom stereocenters. The Bertz CT molecular complexity index is 1240. The Morgan fingerprint density at radius 1 is 1.11 bits per heavy atom. The Morgan fingerprint density at radius 2 is 1.91 bits per heavy atom. The summed E-state index contributed by atoms with van der Waals surface area (Å²) in [6, 6.07) is 5.60. The van der Waals surface area contributed by atoms with Gasteiger partial charge < -0.3 is 19.7 Å². The second-order valence-corrected chi connectivity index (χ2v) is 11.5. The van der Waals surface area contributed by atoms with Crippen molar-refractivity contribution in [3.8, 4) is 17.4 Å². The third-order valence-electron chi connectivity index (χ3n) is 6.65. The van der Waals surface area contributed by atoms with Crippen LogP contribution in [-0.2, 0) is 9.84 Å². The maximum Gasteiger partial charge on any atom is 0.253 e. The topological polar surface area (TPSA) is 111 Å². The van der Waals surface area contributed by atoms with E-state index in [1.54, 1.807) is 24.2 Å². The zero-order valence-corrected chi connectivity index (χ0v) is 20.8. The minimum Gasteiger partial charge on any atom is -0.493 e. The number of hydrogen-bond donors (Lipinski definition) is 1. The lowest BCUT2D eigenvalue weighted by Crippen LogP contribution is -2.32. The van der Waals surface area contributed by atoms with Gasteiger partial charge in [-0.05, 0) is 57.3 Å². The molecule has 35 heavy (non-hydrogen) atoms. The number of benzene rings is 1. The van der Waals surface area contributed by atoms with E-state index in [1.807, 2.05) is 18.2 Å². The largest absolute Gasteiger partial charge is 0.493 e. The summed E-state index contributed by atoms with van der Waals surface area (Å²) < 4.78 is 37.1. The van der Waals surface area contributed by atoms with Gasteiger partial charge in [-0.3, -0.25) is 0 Å². The second-order valence-electron chi connectivity index (χ2n) is 9.16. The maximum absolute atomic E-state index is 11.9. The van der Waals surface area contributed by atoms with Crippen molar-refractivity contribution in [1.29, 1.82) is 0 Å². The van der Waals surface area contributed by atoms with Crippen LogP contribution in [0.25, 0.3) is 16.9 Å². The Kier molecular flexibility index (Phi) is 7.05. The molecule has 10 nitrogen and oxygen atoms in total. The van der Waals surface area contributed by atoms with Crippen molar-refractivity contribution >= 4 is 26.6 Å². The van der Waals surface area contributed by atoms with Gasteiger partial charge in [-0.2, -0.15) is 10.1 Å². The molecule has 11 heteroatoms. The van der Waals surface area contributed by atoms with Gasteiger partial charge in [0.25, 0.3) is 5.95 Å². The van der Waals surface area contributed by atoms with Crippen LogP contribution >= 0.6 is 0 Å². The Labute approximate surface area is 205 Å². The normalized spacial score (nSPS) is 18.7. The standard InChI is InChI=1S/C24H32N6O4S/c1-33-21-16-19-20(17-22(21)34-13-5-11-29-9-2-3-10-29)27-24(30-12-4-8-25-30)28-23(19)26-18-6-14-35(31,32)15-7-18/h4,8,12,16-18H,2-3,5-7,9-11,13-15H2,1H3,(H,26,27,28). The molecule has 2 saturated heterocycles. The molecule has 188 valence electrons. The number of rotatable bonds is 9. The van der Waals surface area contributed by atoms with Crippen LogP contribution in [0, 0.1) is 0 Å². The monoisotopic (exact) mass is 500 g/mol. The lowest BCUT2D eigenvalue weighted by molar-refractivity contribution is 0.254. The highest BCUT2D eigenvalue weighted by Gasteiger charge is 2.25. The van der Waals surface area contributed by atoms with E-state index in [2.05, 4.69) is 15.3 Å². The first-order valence-electron chi connectivity index (χ1n) is 12.2. The average Bonchev–Trinajstić information content (AvgIpc) is 3.57. The van der Waals surface area contributed by atoms with Crippen LogP contribution in [0.1, 0.15) is 32.1 Å². The van der Waals surface area contributed by atoms with Crippen molar-refractivity contribution < 1.29 is 17.9 Å². The molecule has 0 spiro atoms. The van der Waals surface area contributed by atoms with Crippen LogP contribution in [0.3, 0.4) is 0 Å². The summed E-state index contributed by atoms with van der Waals surface area (Å²) in [5, 5.41) is 8.53. The fourth-order valence-electron chi connectivity index (χ4n) is 4.70. The summed E-state index contributed by atoms with van der Waals surface area (Å²) in [7, 11) is -1.33. The number of likely N-dealkylation sites (tertiary alicyclic amines) is 1. The maximum atomic E-state index is 11.9. The molecular formula is C24H32N6O4S. The van der Waals surface area contributed by atoms with Crippen molar-refractivity contribution in [2.45, 2.75) is 38.1 Å². The molecule has 2 aliphatic heterocycles. The highest BCUT2D eigenvalue weighted by molar-refractivity contribution is 7.91. The smallest absolute Gasteiger partial charge is 0.253 e. The van der Waals surface area contributed by atoms with E-state index in [1.165, 1.54) is 25.9 Å². The van der Waals surface area contributed by atoms with Crippen LogP contribution < -0.4 is 14.8 Å². The molecule has 0 saturated carbocycles. The number of hydrogen-bond acceptors (Lipinski definition) is 9. The zero-order chi connectivity index (χ0) is 24.3. The van der Waals surface area contributed by atoms with Crippen LogP contribution in [0.2, 0.25) is 0 Å². The van der Waals surface area contributed by atoms with E-state index in [4.69, 9.17) is 19.4 Å². The fraction of sp³-hybridized carbons (Fsp3) is 0.542. The summed E-state index contributed by atoms with van der Waals surface area (Å²) in [4.78, 5) is 11.9. The van der Waals surface area contributed by atoms with E-state index in [0.29, 0.717) is 48.2 Å². The molecule has 0 unspecified atom stereocenters. The van der Waals surface area contributed by atoms with Crippen LogP contribution in [0.5, 0.6) is 11.5 Å². The van der Waals surface area contributed by atoms with Gasteiger partial charge in [0, 0.05) is 36.4 Å². The highest BCUT2D eigenvalue weighted by atomic mass is 32.2. The average molecular weight is 501 g/mol. The van der Waals surface area contributed by atoms with Crippen molar-refractivity contribution in [1.82, 2.24) is 24.6 Å². The van der Waals surface area contributed by atoms with E-state index < -0.39 is 9.84 Å². The van der Waals surface area contributed by atoms with Crippen molar-refractivity contribution in [3.05, 3.63) is 30.6 Å². The molecule has 5 rings (SSSR count). The van der Waals surface area contributed by atoms with E-state index in [0.717, 1.165) is 18.4 Å². The number of anilines is 1. The molecular weight excluding hydrogens is 468 g/mol. The minimum atomic E-state index is -2.95. The lowest BCUT2D eigenvalue weighted by atomic mass is 10.1. The lowest BCUT2D eigenvalue weighted by Gasteiger charge is -2.24. The molecule has 0 bridgehead atoms. The number of aromatic nitrogens is 4.